The lowest BCUT2D eigenvalue weighted by Gasteiger charge is -2.08. The molecule has 21 heavy (non-hydrogen) atoms. The van der Waals surface area contributed by atoms with Gasteiger partial charge in [-0.3, -0.25) is 0 Å². The van der Waals surface area contributed by atoms with Crippen molar-refractivity contribution in [2.24, 2.45) is 5.92 Å². The van der Waals surface area contributed by atoms with E-state index in [1.54, 1.807) is 0 Å². The zero-order valence-corrected chi connectivity index (χ0v) is 14.7. The minimum atomic E-state index is -0.00780. The largest absolute Gasteiger partial charge is 0.338 e. The molecule has 0 aromatic heterocycles. The second-order valence-electron chi connectivity index (χ2n) is 6.55. The maximum Gasteiger partial charge on any atom is 0.314 e. The third-order valence-electron chi connectivity index (χ3n) is 3.82. The van der Waals surface area contributed by atoms with Crippen LogP contribution in [0.1, 0.15) is 91.4 Å². The van der Waals surface area contributed by atoms with Crippen molar-refractivity contribution in [1.29, 1.82) is 0 Å². The smallest absolute Gasteiger partial charge is 0.314 e. The highest BCUT2D eigenvalue weighted by molar-refractivity contribution is 5.73. The van der Waals surface area contributed by atoms with Crippen LogP contribution in [0.3, 0.4) is 0 Å². The van der Waals surface area contributed by atoms with Gasteiger partial charge in [0, 0.05) is 13.1 Å². The Balaban J connectivity index is 3.12. The van der Waals surface area contributed by atoms with Gasteiger partial charge in [0.2, 0.25) is 0 Å². The number of carbonyl (C=O) groups is 1. The molecule has 0 radical (unpaired) electrons. The van der Waals surface area contributed by atoms with E-state index in [4.69, 9.17) is 0 Å². The molecule has 0 saturated carbocycles. The normalized spacial score (nSPS) is 10.9. The molecule has 0 aliphatic heterocycles. The van der Waals surface area contributed by atoms with Crippen LogP contribution in [0.4, 0.5) is 4.79 Å². The quantitative estimate of drug-likeness (QED) is 0.422. The second kappa shape index (κ2) is 15.7. The van der Waals surface area contributed by atoms with Gasteiger partial charge in [0.25, 0.3) is 0 Å². The van der Waals surface area contributed by atoms with E-state index in [0.717, 1.165) is 25.9 Å². The number of hydrogen-bond acceptors (Lipinski definition) is 1. The van der Waals surface area contributed by atoms with Gasteiger partial charge in [-0.05, 0) is 18.8 Å². The molecule has 126 valence electrons. The van der Waals surface area contributed by atoms with Crippen molar-refractivity contribution in [2.45, 2.75) is 91.4 Å². The average Bonchev–Trinajstić information content (AvgIpc) is 2.44. The second-order valence-corrected chi connectivity index (χ2v) is 6.55. The molecule has 0 saturated heterocycles. The van der Waals surface area contributed by atoms with Crippen LogP contribution >= 0.6 is 0 Å². The summed E-state index contributed by atoms with van der Waals surface area (Å²) in [6.07, 6.45) is 14.4. The Bertz CT molecular complexity index is 229. The molecule has 2 amide bonds. The summed E-state index contributed by atoms with van der Waals surface area (Å²) in [5.74, 6) is 0.646. The maximum atomic E-state index is 11.5. The van der Waals surface area contributed by atoms with Crippen LogP contribution in [0.2, 0.25) is 0 Å². The summed E-state index contributed by atoms with van der Waals surface area (Å²) < 4.78 is 0. The van der Waals surface area contributed by atoms with Gasteiger partial charge in [-0.1, -0.05) is 78.6 Å². The average molecular weight is 299 g/mol. The molecule has 3 heteroatoms. The number of nitrogens with one attached hydrogen (secondary N) is 2. The van der Waals surface area contributed by atoms with Crippen LogP contribution in [0.15, 0.2) is 0 Å². The van der Waals surface area contributed by atoms with E-state index in [9.17, 15) is 4.79 Å². The molecule has 0 spiro atoms. The third kappa shape index (κ3) is 17.2. The van der Waals surface area contributed by atoms with E-state index in [0.29, 0.717) is 5.92 Å². The van der Waals surface area contributed by atoms with Crippen LogP contribution in [-0.4, -0.2) is 19.1 Å². The molecule has 0 aromatic carbocycles. The Morgan fingerprint density at radius 1 is 0.762 bits per heavy atom. The zero-order chi connectivity index (χ0) is 15.8. The lowest BCUT2D eigenvalue weighted by Crippen LogP contribution is -2.36. The molecule has 2 N–H and O–H groups in total. The number of hydrogen-bond donors (Lipinski definition) is 2. The lowest BCUT2D eigenvalue weighted by atomic mass is 10.1. The lowest BCUT2D eigenvalue weighted by molar-refractivity contribution is 0.240. The topological polar surface area (TPSA) is 41.1 Å². The van der Waals surface area contributed by atoms with E-state index in [1.165, 1.54) is 57.8 Å². The number of urea groups is 1. The van der Waals surface area contributed by atoms with Gasteiger partial charge < -0.3 is 10.6 Å². The van der Waals surface area contributed by atoms with Crippen molar-refractivity contribution in [3.8, 4) is 0 Å². The van der Waals surface area contributed by atoms with Crippen LogP contribution in [0.5, 0.6) is 0 Å². The molecule has 0 fully saturated rings. The first-order chi connectivity index (χ1) is 10.2. The summed E-state index contributed by atoms with van der Waals surface area (Å²) in [7, 11) is 0. The van der Waals surface area contributed by atoms with E-state index in [1.807, 2.05) is 0 Å². The molecule has 0 heterocycles. The standard InChI is InChI=1S/C18H38N2O/c1-4-5-6-7-8-9-10-11-12-13-15-19-18(21)20-16-14-17(2)3/h17H,4-16H2,1-3H3,(H2,19,20,21). The number of carbonyl (C=O) groups excluding carboxylic acids is 1. The predicted molar refractivity (Wildman–Crippen MR) is 92.7 cm³/mol. The molecule has 0 unspecified atom stereocenters. The fraction of sp³-hybridized carbons (Fsp3) is 0.944. The Kier molecular flexibility index (Phi) is 15.1. The Hall–Kier alpha value is -0.730. The van der Waals surface area contributed by atoms with E-state index >= 15 is 0 Å². The van der Waals surface area contributed by atoms with E-state index in [-0.39, 0.29) is 6.03 Å². The van der Waals surface area contributed by atoms with Crippen molar-refractivity contribution >= 4 is 6.03 Å². The van der Waals surface area contributed by atoms with E-state index < -0.39 is 0 Å². The first-order valence-corrected chi connectivity index (χ1v) is 9.18. The Labute approximate surface area is 132 Å². The number of unbranched alkanes of at least 4 members (excludes halogenated alkanes) is 9. The van der Waals surface area contributed by atoms with Crippen LogP contribution in [0, 0.1) is 5.92 Å². The van der Waals surface area contributed by atoms with Crippen molar-refractivity contribution < 1.29 is 4.79 Å². The summed E-state index contributed by atoms with van der Waals surface area (Å²) in [5, 5.41) is 5.83. The third-order valence-corrected chi connectivity index (χ3v) is 3.82. The fourth-order valence-electron chi connectivity index (χ4n) is 2.35. The highest BCUT2D eigenvalue weighted by Crippen LogP contribution is 2.10. The SMILES string of the molecule is CCCCCCCCCCCCNC(=O)NCCC(C)C. The summed E-state index contributed by atoms with van der Waals surface area (Å²) in [5.41, 5.74) is 0. The van der Waals surface area contributed by atoms with Crippen LogP contribution in [0.25, 0.3) is 0 Å². The summed E-state index contributed by atoms with van der Waals surface area (Å²) >= 11 is 0. The number of rotatable bonds is 14. The summed E-state index contributed by atoms with van der Waals surface area (Å²) in [4.78, 5) is 11.5. The highest BCUT2D eigenvalue weighted by Gasteiger charge is 1.99. The van der Waals surface area contributed by atoms with Gasteiger partial charge in [-0.2, -0.15) is 0 Å². The monoisotopic (exact) mass is 298 g/mol. The van der Waals surface area contributed by atoms with Gasteiger partial charge in [0.05, 0.1) is 0 Å². The van der Waals surface area contributed by atoms with Crippen molar-refractivity contribution in [2.75, 3.05) is 13.1 Å². The molecular formula is C18H38N2O. The Morgan fingerprint density at radius 2 is 1.24 bits per heavy atom. The molecule has 0 aliphatic rings. The first kappa shape index (κ1) is 20.3. The highest BCUT2D eigenvalue weighted by atomic mass is 16.2. The van der Waals surface area contributed by atoms with Gasteiger partial charge in [-0.25, -0.2) is 4.79 Å². The fourth-order valence-corrected chi connectivity index (χ4v) is 2.35. The van der Waals surface area contributed by atoms with Crippen molar-refractivity contribution in [3.63, 3.8) is 0 Å². The Morgan fingerprint density at radius 3 is 1.76 bits per heavy atom. The maximum absolute atomic E-state index is 11.5. The summed E-state index contributed by atoms with van der Waals surface area (Å²) in [6, 6.07) is -0.00780. The molecule has 0 rings (SSSR count). The van der Waals surface area contributed by atoms with Crippen molar-refractivity contribution in [1.82, 2.24) is 10.6 Å². The zero-order valence-electron chi connectivity index (χ0n) is 14.7. The predicted octanol–water partition coefficient (Wildman–Crippen LogP) is 5.25. The molecule has 0 aliphatic carbocycles. The minimum absolute atomic E-state index is 0.00780. The summed E-state index contributed by atoms with van der Waals surface area (Å²) in [6.45, 7) is 8.19. The van der Waals surface area contributed by atoms with Crippen molar-refractivity contribution in [3.05, 3.63) is 0 Å². The van der Waals surface area contributed by atoms with Crippen LogP contribution in [-0.2, 0) is 0 Å². The minimum Gasteiger partial charge on any atom is -0.338 e. The van der Waals surface area contributed by atoms with Gasteiger partial charge in [0.15, 0.2) is 0 Å². The molecular weight excluding hydrogens is 260 g/mol. The molecule has 0 aromatic rings. The van der Waals surface area contributed by atoms with Crippen LogP contribution < -0.4 is 10.6 Å². The molecule has 0 atom stereocenters. The van der Waals surface area contributed by atoms with Gasteiger partial charge in [-0.15, -0.1) is 0 Å². The van der Waals surface area contributed by atoms with E-state index in [2.05, 4.69) is 31.4 Å². The van der Waals surface area contributed by atoms with Gasteiger partial charge in [0.1, 0.15) is 0 Å². The number of amides is 2. The van der Waals surface area contributed by atoms with Gasteiger partial charge >= 0.3 is 6.03 Å². The molecule has 0 bridgehead atoms. The first-order valence-electron chi connectivity index (χ1n) is 9.18. The molecule has 3 nitrogen and oxygen atoms in total.